The fourth-order valence-electron chi connectivity index (χ4n) is 3.02. The SMILES string of the molecule is Cl.Cl.Clc1ccc2[nH]cc(C=C3CCCN=C3c3cccnc3)c2c1. The molecule has 1 aromatic carbocycles. The summed E-state index contributed by atoms with van der Waals surface area (Å²) in [5.74, 6) is 0. The van der Waals surface area contributed by atoms with E-state index in [-0.39, 0.29) is 24.8 Å². The van der Waals surface area contributed by atoms with E-state index in [0.717, 1.165) is 52.2 Å². The summed E-state index contributed by atoms with van der Waals surface area (Å²) >= 11 is 6.15. The van der Waals surface area contributed by atoms with Gasteiger partial charge >= 0.3 is 0 Å². The largest absolute Gasteiger partial charge is 0.361 e. The van der Waals surface area contributed by atoms with E-state index >= 15 is 0 Å². The normalized spacial score (nSPS) is 15.4. The van der Waals surface area contributed by atoms with E-state index < -0.39 is 0 Å². The van der Waals surface area contributed by atoms with Crippen LogP contribution in [0.3, 0.4) is 0 Å². The molecule has 130 valence electrons. The first-order chi connectivity index (χ1) is 11.3. The monoisotopic (exact) mass is 393 g/mol. The van der Waals surface area contributed by atoms with Gasteiger partial charge in [0.15, 0.2) is 0 Å². The second kappa shape index (κ2) is 8.52. The molecule has 0 unspecified atom stereocenters. The van der Waals surface area contributed by atoms with Crippen LogP contribution in [0.2, 0.25) is 5.02 Å². The molecule has 1 N–H and O–H groups in total. The molecule has 3 aromatic rings. The minimum atomic E-state index is 0. The Morgan fingerprint density at radius 1 is 1.16 bits per heavy atom. The zero-order chi connectivity index (χ0) is 15.6. The third kappa shape index (κ3) is 4.06. The highest BCUT2D eigenvalue weighted by Gasteiger charge is 2.15. The van der Waals surface area contributed by atoms with E-state index in [1.165, 1.54) is 5.57 Å². The summed E-state index contributed by atoms with van der Waals surface area (Å²) in [6.07, 6.45) is 10.0. The molecule has 3 heterocycles. The number of allylic oxidation sites excluding steroid dienone is 1. The van der Waals surface area contributed by atoms with Gasteiger partial charge in [0.25, 0.3) is 0 Å². The minimum Gasteiger partial charge on any atom is -0.361 e. The average Bonchev–Trinajstić information content (AvgIpc) is 2.98. The molecule has 25 heavy (non-hydrogen) atoms. The number of pyridine rings is 1. The molecule has 2 aromatic heterocycles. The van der Waals surface area contributed by atoms with Crippen molar-refractivity contribution in [1.82, 2.24) is 9.97 Å². The van der Waals surface area contributed by atoms with Crippen LogP contribution in [0.25, 0.3) is 17.0 Å². The van der Waals surface area contributed by atoms with Crippen LogP contribution >= 0.6 is 36.4 Å². The molecule has 0 atom stereocenters. The summed E-state index contributed by atoms with van der Waals surface area (Å²) in [5.41, 5.74) is 5.63. The molecule has 0 aliphatic carbocycles. The van der Waals surface area contributed by atoms with Gasteiger partial charge in [-0.1, -0.05) is 11.6 Å². The molecular weight excluding hydrogens is 377 g/mol. The van der Waals surface area contributed by atoms with Gasteiger partial charge < -0.3 is 4.98 Å². The fraction of sp³-hybridized carbons (Fsp3) is 0.158. The van der Waals surface area contributed by atoms with Gasteiger partial charge in [-0.2, -0.15) is 0 Å². The van der Waals surface area contributed by atoms with E-state index in [1.807, 2.05) is 36.7 Å². The smallest absolute Gasteiger partial charge is 0.0694 e. The molecule has 0 amide bonds. The zero-order valence-electron chi connectivity index (χ0n) is 13.4. The van der Waals surface area contributed by atoms with E-state index in [4.69, 9.17) is 16.6 Å². The summed E-state index contributed by atoms with van der Waals surface area (Å²) in [5, 5.41) is 1.89. The molecule has 0 spiro atoms. The van der Waals surface area contributed by atoms with Crippen molar-refractivity contribution in [2.75, 3.05) is 6.54 Å². The van der Waals surface area contributed by atoms with Crippen molar-refractivity contribution >= 4 is 59.1 Å². The maximum absolute atomic E-state index is 6.15. The van der Waals surface area contributed by atoms with Crippen LogP contribution in [0.15, 0.2) is 59.5 Å². The second-order valence-electron chi connectivity index (χ2n) is 5.68. The molecule has 0 bridgehead atoms. The highest BCUT2D eigenvalue weighted by molar-refractivity contribution is 6.31. The Morgan fingerprint density at radius 2 is 2.04 bits per heavy atom. The van der Waals surface area contributed by atoms with Crippen LogP contribution in [0.5, 0.6) is 0 Å². The second-order valence-corrected chi connectivity index (χ2v) is 6.12. The number of nitrogens with zero attached hydrogens (tertiary/aromatic N) is 2. The number of benzene rings is 1. The maximum atomic E-state index is 6.15. The Hall–Kier alpha value is -1.81. The first kappa shape index (κ1) is 19.5. The van der Waals surface area contributed by atoms with Gasteiger partial charge in [-0.05, 0) is 54.8 Å². The first-order valence-electron chi connectivity index (χ1n) is 7.74. The summed E-state index contributed by atoms with van der Waals surface area (Å²) in [6.45, 7) is 0.876. The van der Waals surface area contributed by atoms with Crippen molar-refractivity contribution in [3.05, 3.63) is 70.6 Å². The Morgan fingerprint density at radius 3 is 2.84 bits per heavy atom. The molecule has 1 aliphatic rings. The number of aromatic nitrogens is 2. The number of hydrogen-bond donors (Lipinski definition) is 1. The molecular formula is C19H18Cl3N3. The van der Waals surface area contributed by atoms with Crippen molar-refractivity contribution in [3.8, 4) is 0 Å². The minimum absolute atomic E-state index is 0. The highest BCUT2D eigenvalue weighted by atomic mass is 35.5. The van der Waals surface area contributed by atoms with Crippen molar-refractivity contribution in [3.63, 3.8) is 0 Å². The quantitative estimate of drug-likeness (QED) is 0.592. The van der Waals surface area contributed by atoms with Crippen molar-refractivity contribution in [2.45, 2.75) is 12.8 Å². The number of aromatic amines is 1. The topological polar surface area (TPSA) is 41.0 Å². The lowest BCUT2D eigenvalue weighted by atomic mass is 9.95. The van der Waals surface area contributed by atoms with Gasteiger partial charge in [-0.3, -0.25) is 9.98 Å². The van der Waals surface area contributed by atoms with Crippen LogP contribution in [0.4, 0.5) is 0 Å². The van der Waals surface area contributed by atoms with Crippen LogP contribution < -0.4 is 0 Å². The molecule has 6 heteroatoms. The van der Waals surface area contributed by atoms with E-state index in [2.05, 4.69) is 22.1 Å². The predicted octanol–water partition coefficient (Wildman–Crippen LogP) is 5.73. The Kier molecular flexibility index (Phi) is 6.65. The van der Waals surface area contributed by atoms with E-state index in [9.17, 15) is 0 Å². The predicted molar refractivity (Wildman–Crippen MR) is 111 cm³/mol. The summed E-state index contributed by atoms with van der Waals surface area (Å²) in [7, 11) is 0. The molecule has 4 rings (SSSR count). The van der Waals surface area contributed by atoms with E-state index in [0.29, 0.717) is 0 Å². The lowest BCUT2D eigenvalue weighted by molar-refractivity contribution is 0.818. The van der Waals surface area contributed by atoms with Gasteiger partial charge in [0.05, 0.1) is 5.71 Å². The van der Waals surface area contributed by atoms with E-state index in [1.54, 1.807) is 6.20 Å². The van der Waals surface area contributed by atoms with Crippen molar-refractivity contribution in [1.29, 1.82) is 0 Å². The molecule has 3 nitrogen and oxygen atoms in total. The maximum Gasteiger partial charge on any atom is 0.0694 e. The lowest BCUT2D eigenvalue weighted by Gasteiger charge is -2.16. The number of halogens is 3. The average molecular weight is 395 g/mol. The Balaban J connectivity index is 0.00000113. The number of aliphatic imine (C=N–C) groups is 1. The van der Waals surface area contributed by atoms with Gasteiger partial charge in [-0.25, -0.2) is 0 Å². The molecule has 1 aliphatic heterocycles. The summed E-state index contributed by atoms with van der Waals surface area (Å²) < 4.78 is 0. The molecule has 0 saturated heterocycles. The van der Waals surface area contributed by atoms with Crippen molar-refractivity contribution in [2.24, 2.45) is 4.99 Å². The third-order valence-corrected chi connectivity index (χ3v) is 4.35. The summed E-state index contributed by atoms with van der Waals surface area (Å²) in [4.78, 5) is 12.3. The lowest BCUT2D eigenvalue weighted by Crippen LogP contribution is -2.11. The zero-order valence-corrected chi connectivity index (χ0v) is 15.8. The molecule has 0 fully saturated rings. The third-order valence-electron chi connectivity index (χ3n) is 4.12. The Bertz CT molecular complexity index is 914. The number of nitrogens with one attached hydrogen (secondary N) is 1. The van der Waals surface area contributed by atoms with Crippen LogP contribution in [-0.2, 0) is 0 Å². The van der Waals surface area contributed by atoms with Gasteiger partial charge in [0.1, 0.15) is 0 Å². The fourth-order valence-corrected chi connectivity index (χ4v) is 3.19. The standard InChI is InChI=1S/C19H16ClN3.2ClH/c20-16-5-6-18-17(10-16)15(12-23-18)9-13-3-2-8-22-19(13)14-4-1-7-21-11-14;;/h1,4-7,9-12,23H,2-3,8H2;2*1H. The van der Waals surface area contributed by atoms with Crippen LogP contribution in [0.1, 0.15) is 24.0 Å². The van der Waals surface area contributed by atoms with Crippen molar-refractivity contribution < 1.29 is 0 Å². The van der Waals surface area contributed by atoms with Crippen LogP contribution in [-0.4, -0.2) is 22.2 Å². The van der Waals surface area contributed by atoms with Gasteiger partial charge in [0, 0.05) is 52.2 Å². The number of fused-ring (bicyclic) bond motifs is 1. The number of hydrogen-bond acceptors (Lipinski definition) is 2. The highest BCUT2D eigenvalue weighted by Crippen LogP contribution is 2.27. The summed E-state index contributed by atoms with van der Waals surface area (Å²) in [6, 6.07) is 9.94. The number of H-pyrrole nitrogens is 1. The number of rotatable bonds is 2. The first-order valence-corrected chi connectivity index (χ1v) is 8.11. The van der Waals surface area contributed by atoms with Gasteiger partial charge in [-0.15, -0.1) is 24.8 Å². The van der Waals surface area contributed by atoms with Gasteiger partial charge in [0.2, 0.25) is 0 Å². The molecule has 0 saturated carbocycles. The molecule has 0 radical (unpaired) electrons. The Labute approximate surface area is 164 Å². The van der Waals surface area contributed by atoms with Crippen LogP contribution in [0, 0.1) is 0 Å².